The molecule has 17 heavy (non-hydrogen) atoms. The molecule has 0 radical (unpaired) electrons. The van der Waals surface area contributed by atoms with Gasteiger partial charge in [0.1, 0.15) is 6.61 Å². The molecule has 0 atom stereocenters. The van der Waals surface area contributed by atoms with Crippen LogP contribution in [0.4, 0.5) is 0 Å². The van der Waals surface area contributed by atoms with Crippen molar-refractivity contribution in [2.24, 2.45) is 0 Å². The predicted molar refractivity (Wildman–Crippen MR) is 60.8 cm³/mol. The highest BCUT2D eigenvalue weighted by atomic mass is 16.5. The van der Waals surface area contributed by atoms with Gasteiger partial charge in [-0.25, -0.2) is 4.79 Å². The van der Waals surface area contributed by atoms with Gasteiger partial charge >= 0.3 is 5.97 Å². The topological polar surface area (TPSA) is 96.9 Å². The highest BCUT2D eigenvalue weighted by Gasteiger charge is 1.95. The van der Waals surface area contributed by atoms with E-state index in [0.717, 1.165) is 6.54 Å². The Morgan fingerprint density at radius 1 is 1.12 bits per heavy atom. The van der Waals surface area contributed by atoms with Crippen molar-refractivity contribution in [2.45, 2.75) is 6.42 Å². The van der Waals surface area contributed by atoms with Crippen LogP contribution in [0.25, 0.3) is 0 Å². The predicted octanol–water partition coefficient (Wildman–Crippen LogP) is -1.17. The summed E-state index contributed by atoms with van der Waals surface area (Å²) in [4.78, 5) is 20.0. The summed E-state index contributed by atoms with van der Waals surface area (Å²) >= 11 is 0. The maximum Gasteiger partial charge on any atom is 0.329 e. The molecule has 0 aliphatic carbocycles. The molecule has 0 saturated heterocycles. The molecule has 0 aliphatic rings. The van der Waals surface area contributed by atoms with Gasteiger partial charge in [-0.3, -0.25) is 4.79 Å². The molecule has 3 N–H and O–H groups in total. The fourth-order valence-electron chi connectivity index (χ4n) is 1.01. The first-order valence-electron chi connectivity index (χ1n) is 5.52. The van der Waals surface area contributed by atoms with Crippen molar-refractivity contribution in [1.29, 1.82) is 0 Å². The Labute approximate surface area is 100 Å². The molecule has 0 spiro atoms. The molecule has 0 bridgehead atoms. The Hall–Kier alpha value is -1.18. The molecule has 7 nitrogen and oxygen atoms in total. The molecule has 0 rings (SSSR count). The average molecular weight is 248 g/mol. The number of carbonyl (C=O) groups excluding carboxylic acids is 1. The second-order valence-corrected chi connectivity index (χ2v) is 3.23. The quantitative estimate of drug-likeness (QED) is 0.281. The van der Waals surface area contributed by atoms with E-state index in [1.165, 1.54) is 0 Å². The molecule has 0 heterocycles. The van der Waals surface area contributed by atoms with Gasteiger partial charge in [0.25, 0.3) is 0 Å². The molecule has 0 aliphatic heterocycles. The van der Waals surface area contributed by atoms with E-state index >= 15 is 0 Å². The zero-order valence-corrected chi connectivity index (χ0v) is 9.81. The van der Waals surface area contributed by atoms with Gasteiger partial charge in [-0.1, -0.05) is 0 Å². The van der Waals surface area contributed by atoms with Gasteiger partial charge in [0.05, 0.1) is 6.61 Å². The molecule has 0 fully saturated rings. The highest BCUT2D eigenvalue weighted by molar-refractivity contribution is 5.67. The molecular weight excluding hydrogens is 228 g/mol. The van der Waals surface area contributed by atoms with Crippen LogP contribution >= 0.6 is 0 Å². The molecule has 0 aromatic rings. The van der Waals surface area contributed by atoms with Gasteiger partial charge in [0.2, 0.25) is 6.41 Å². The Balaban J connectivity index is 2.94. The normalized spacial score (nSPS) is 10.1. The molecule has 0 aromatic heterocycles. The minimum absolute atomic E-state index is 0.259. The van der Waals surface area contributed by atoms with Gasteiger partial charge in [-0.2, -0.15) is 0 Å². The van der Waals surface area contributed by atoms with Gasteiger partial charge < -0.3 is 25.2 Å². The number of hydrogen-bond donors (Lipinski definition) is 3. The Kier molecular flexibility index (Phi) is 12.0. The summed E-state index contributed by atoms with van der Waals surface area (Å²) in [6.45, 7) is 3.30. The van der Waals surface area contributed by atoms with Crippen molar-refractivity contribution >= 4 is 12.4 Å². The molecule has 1 amide bonds. The summed E-state index contributed by atoms with van der Waals surface area (Å²) in [7, 11) is 0. The van der Waals surface area contributed by atoms with Gasteiger partial charge in [0.15, 0.2) is 0 Å². The molecule has 100 valence electrons. The summed E-state index contributed by atoms with van der Waals surface area (Å²) in [5.74, 6) is -0.959. The lowest BCUT2D eigenvalue weighted by Gasteiger charge is -2.06. The lowest BCUT2D eigenvalue weighted by molar-refractivity contribution is -0.142. The number of carboxylic acids is 1. The number of amides is 1. The fraction of sp³-hybridized carbons (Fsp3) is 0.800. The highest BCUT2D eigenvalue weighted by Crippen LogP contribution is 1.84. The van der Waals surface area contributed by atoms with E-state index in [-0.39, 0.29) is 6.61 Å². The molecule has 0 aromatic carbocycles. The van der Waals surface area contributed by atoms with E-state index < -0.39 is 5.97 Å². The maximum absolute atomic E-state index is 10.1. The summed E-state index contributed by atoms with van der Waals surface area (Å²) in [6, 6.07) is 0. The molecule has 7 heteroatoms. The van der Waals surface area contributed by atoms with Gasteiger partial charge in [-0.15, -0.1) is 0 Å². The maximum atomic E-state index is 10.1. The van der Waals surface area contributed by atoms with E-state index in [0.29, 0.717) is 45.7 Å². The van der Waals surface area contributed by atoms with Crippen LogP contribution in [-0.4, -0.2) is 63.5 Å². The van der Waals surface area contributed by atoms with Crippen LogP contribution in [0.1, 0.15) is 6.42 Å². The fourth-order valence-corrected chi connectivity index (χ4v) is 1.01. The number of ether oxygens (including phenoxy) is 2. The van der Waals surface area contributed by atoms with Crippen molar-refractivity contribution in [1.82, 2.24) is 10.6 Å². The summed E-state index contributed by atoms with van der Waals surface area (Å²) in [5.41, 5.74) is 0. The minimum Gasteiger partial charge on any atom is -0.480 e. The third-order valence-electron chi connectivity index (χ3n) is 1.76. The zero-order chi connectivity index (χ0) is 12.8. The van der Waals surface area contributed by atoms with Crippen molar-refractivity contribution in [2.75, 3.05) is 46.1 Å². The van der Waals surface area contributed by atoms with Crippen molar-refractivity contribution in [3.63, 3.8) is 0 Å². The Bertz CT molecular complexity index is 201. The first kappa shape index (κ1) is 15.8. The van der Waals surface area contributed by atoms with E-state index in [9.17, 15) is 9.59 Å². The Morgan fingerprint density at radius 3 is 2.59 bits per heavy atom. The molecule has 0 saturated carbocycles. The number of carboxylic acid groups (broad SMARTS) is 1. The van der Waals surface area contributed by atoms with E-state index in [1.807, 2.05) is 0 Å². The first-order valence-corrected chi connectivity index (χ1v) is 5.52. The lowest BCUT2D eigenvalue weighted by atomic mass is 10.5. The monoisotopic (exact) mass is 248 g/mol. The standard InChI is InChI=1S/C10H20N2O5/c13-9-12-3-2-11-4-7-16-5-1-6-17-8-10(14)15/h9,11H,1-8H2,(H,12,13)(H,14,15). The third kappa shape index (κ3) is 14.8. The van der Waals surface area contributed by atoms with Crippen LogP contribution in [0.5, 0.6) is 0 Å². The van der Waals surface area contributed by atoms with Crippen LogP contribution in [-0.2, 0) is 19.1 Å². The molecule has 0 unspecified atom stereocenters. The van der Waals surface area contributed by atoms with E-state index in [1.54, 1.807) is 0 Å². The van der Waals surface area contributed by atoms with Crippen LogP contribution < -0.4 is 10.6 Å². The van der Waals surface area contributed by atoms with Crippen molar-refractivity contribution < 1.29 is 24.2 Å². The van der Waals surface area contributed by atoms with Crippen molar-refractivity contribution in [3.05, 3.63) is 0 Å². The Morgan fingerprint density at radius 2 is 1.88 bits per heavy atom. The number of aliphatic carboxylic acids is 1. The van der Waals surface area contributed by atoms with Gasteiger partial charge in [0, 0.05) is 32.8 Å². The smallest absolute Gasteiger partial charge is 0.329 e. The zero-order valence-electron chi connectivity index (χ0n) is 9.81. The second kappa shape index (κ2) is 12.9. The number of nitrogens with one attached hydrogen (secondary N) is 2. The largest absolute Gasteiger partial charge is 0.480 e. The minimum atomic E-state index is -0.959. The lowest BCUT2D eigenvalue weighted by Crippen LogP contribution is -2.29. The number of rotatable bonds is 13. The second-order valence-electron chi connectivity index (χ2n) is 3.23. The van der Waals surface area contributed by atoms with Crippen molar-refractivity contribution in [3.8, 4) is 0 Å². The third-order valence-corrected chi connectivity index (χ3v) is 1.76. The van der Waals surface area contributed by atoms with E-state index in [2.05, 4.69) is 10.6 Å². The number of hydrogen-bond acceptors (Lipinski definition) is 5. The average Bonchev–Trinajstić information content (AvgIpc) is 2.30. The molecular formula is C10H20N2O5. The van der Waals surface area contributed by atoms with Crippen LogP contribution in [0, 0.1) is 0 Å². The van der Waals surface area contributed by atoms with Gasteiger partial charge in [-0.05, 0) is 6.42 Å². The summed E-state index contributed by atoms with van der Waals surface area (Å²) < 4.78 is 10.1. The summed E-state index contributed by atoms with van der Waals surface area (Å²) in [6.07, 6.45) is 1.34. The number of carbonyl (C=O) groups is 2. The first-order chi connectivity index (χ1) is 8.27. The van der Waals surface area contributed by atoms with Crippen LogP contribution in [0.3, 0.4) is 0 Å². The van der Waals surface area contributed by atoms with Crippen LogP contribution in [0.15, 0.2) is 0 Å². The summed E-state index contributed by atoms with van der Waals surface area (Å²) in [5, 5.41) is 13.9. The SMILES string of the molecule is O=CNCCNCCOCCCOCC(=O)O. The van der Waals surface area contributed by atoms with E-state index in [4.69, 9.17) is 14.6 Å². The van der Waals surface area contributed by atoms with Crippen LogP contribution in [0.2, 0.25) is 0 Å².